The van der Waals surface area contributed by atoms with Gasteiger partial charge in [0.25, 0.3) is 0 Å². The molecule has 0 saturated carbocycles. The summed E-state index contributed by atoms with van der Waals surface area (Å²) >= 11 is 0. The predicted molar refractivity (Wildman–Crippen MR) is 52.6 cm³/mol. The Kier molecular flexibility index (Phi) is 1.50. The Balaban J connectivity index is 2.35. The van der Waals surface area contributed by atoms with E-state index in [1.165, 1.54) is 11.4 Å². The topological polar surface area (TPSA) is 24.1 Å². The van der Waals surface area contributed by atoms with Crippen LogP contribution in [0.3, 0.4) is 0 Å². The molecule has 64 valence electrons. The molecule has 0 aliphatic carbocycles. The molecule has 0 bridgehead atoms. The van der Waals surface area contributed by atoms with Gasteiger partial charge in [-0.05, 0) is 26.0 Å². The zero-order valence-electron chi connectivity index (χ0n) is 7.52. The average molecular weight is 162 g/mol. The van der Waals surface area contributed by atoms with Crippen molar-refractivity contribution >= 4 is 11.4 Å². The van der Waals surface area contributed by atoms with E-state index >= 15 is 0 Å². The SMILES string of the molecule is CC1(C)CNc2ccccc2N1. The fourth-order valence-corrected chi connectivity index (χ4v) is 1.47. The van der Waals surface area contributed by atoms with Gasteiger partial charge in [0.05, 0.1) is 11.4 Å². The van der Waals surface area contributed by atoms with Crippen LogP contribution in [0.15, 0.2) is 24.3 Å². The standard InChI is InChI=1S/C10H14N2/c1-10(2)7-11-8-5-3-4-6-9(8)12-10/h3-6,11-12H,7H2,1-2H3. The number of anilines is 2. The van der Waals surface area contributed by atoms with Crippen molar-refractivity contribution in [2.45, 2.75) is 19.4 Å². The van der Waals surface area contributed by atoms with Crippen LogP contribution < -0.4 is 10.6 Å². The van der Waals surface area contributed by atoms with Gasteiger partial charge in [0.2, 0.25) is 0 Å². The highest BCUT2D eigenvalue weighted by Gasteiger charge is 2.22. The third kappa shape index (κ3) is 1.24. The van der Waals surface area contributed by atoms with Gasteiger partial charge in [-0.15, -0.1) is 0 Å². The molecule has 1 aromatic rings. The molecule has 2 heteroatoms. The maximum atomic E-state index is 3.47. The molecule has 2 N–H and O–H groups in total. The van der Waals surface area contributed by atoms with Crippen LogP contribution in [-0.2, 0) is 0 Å². The summed E-state index contributed by atoms with van der Waals surface area (Å²) in [4.78, 5) is 0. The smallest absolute Gasteiger partial charge is 0.0580 e. The van der Waals surface area contributed by atoms with Crippen LogP contribution in [0.1, 0.15) is 13.8 Å². The van der Waals surface area contributed by atoms with Gasteiger partial charge in [0.15, 0.2) is 0 Å². The Hall–Kier alpha value is -1.18. The fraction of sp³-hybridized carbons (Fsp3) is 0.400. The van der Waals surface area contributed by atoms with Crippen molar-refractivity contribution in [3.05, 3.63) is 24.3 Å². The van der Waals surface area contributed by atoms with Crippen LogP contribution >= 0.6 is 0 Å². The van der Waals surface area contributed by atoms with Crippen LogP contribution in [-0.4, -0.2) is 12.1 Å². The summed E-state index contributed by atoms with van der Waals surface area (Å²) in [6.45, 7) is 5.36. The molecular formula is C10H14N2. The second-order valence-corrected chi connectivity index (χ2v) is 3.91. The highest BCUT2D eigenvalue weighted by molar-refractivity contribution is 5.71. The van der Waals surface area contributed by atoms with Crippen molar-refractivity contribution in [3.8, 4) is 0 Å². The van der Waals surface area contributed by atoms with E-state index in [4.69, 9.17) is 0 Å². The number of para-hydroxylation sites is 2. The van der Waals surface area contributed by atoms with Crippen molar-refractivity contribution in [1.82, 2.24) is 0 Å². The minimum absolute atomic E-state index is 0.161. The third-order valence-corrected chi connectivity index (χ3v) is 2.12. The van der Waals surface area contributed by atoms with Crippen LogP contribution in [0.25, 0.3) is 0 Å². The minimum Gasteiger partial charge on any atom is -0.381 e. The molecular weight excluding hydrogens is 148 g/mol. The highest BCUT2D eigenvalue weighted by atomic mass is 15.1. The fourth-order valence-electron chi connectivity index (χ4n) is 1.47. The van der Waals surface area contributed by atoms with Crippen LogP contribution in [0.2, 0.25) is 0 Å². The Bertz CT molecular complexity index is 292. The molecule has 0 aromatic heterocycles. The third-order valence-electron chi connectivity index (χ3n) is 2.12. The largest absolute Gasteiger partial charge is 0.381 e. The lowest BCUT2D eigenvalue weighted by atomic mass is 10.0. The summed E-state index contributed by atoms with van der Waals surface area (Å²) in [7, 11) is 0. The Labute approximate surface area is 73.0 Å². The van der Waals surface area contributed by atoms with Crippen molar-refractivity contribution in [3.63, 3.8) is 0 Å². The first kappa shape index (κ1) is 7.47. The van der Waals surface area contributed by atoms with Crippen LogP contribution in [0.5, 0.6) is 0 Å². The lowest BCUT2D eigenvalue weighted by molar-refractivity contribution is 0.589. The first-order valence-corrected chi connectivity index (χ1v) is 4.28. The second kappa shape index (κ2) is 2.41. The molecule has 0 saturated heterocycles. The molecule has 0 atom stereocenters. The second-order valence-electron chi connectivity index (χ2n) is 3.91. The van der Waals surface area contributed by atoms with Gasteiger partial charge >= 0.3 is 0 Å². The summed E-state index contributed by atoms with van der Waals surface area (Å²) in [6.07, 6.45) is 0. The number of nitrogens with one attached hydrogen (secondary N) is 2. The maximum Gasteiger partial charge on any atom is 0.0580 e. The predicted octanol–water partition coefficient (Wildman–Crippen LogP) is 2.30. The lowest BCUT2D eigenvalue weighted by Crippen LogP contribution is -2.42. The Morgan fingerprint density at radius 3 is 2.58 bits per heavy atom. The first-order valence-electron chi connectivity index (χ1n) is 4.28. The molecule has 2 rings (SSSR count). The number of fused-ring (bicyclic) bond motifs is 1. The Morgan fingerprint density at radius 2 is 1.83 bits per heavy atom. The molecule has 0 spiro atoms. The maximum absolute atomic E-state index is 3.47. The van der Waals surface area contributed by atoms with E-state index in [0.29, 0.717) is 0 Å². The number of rotatable bonds is 0. The molecule has 12 heavy (non-hydrogen) atoms. The first-order chi connectivity index (χ1) is 5.67. The summed E-state index contributed by atoms with van der Waals surface area (Å²) in [6, 6.07) is 8.29. The number of hydrogen-bond acceptors (Lipinski definition) is 2. The molecule has 1 aliphatic rings. The van der Waals surface area contributed by atoms with Crippen molar-refractivity contribution in [2.24, 2.45) is 0 Å². The van der Waals surface area contributed by atoms with Gasteiger partial charge in [-0.25, -0.2) is 0 Å². The van der Waals surface area contributed by atoms with E-state index in [1.807, 2.05) is 6.07 Å². The number of hydrogen-bond donors (Lipinski definition) is 2. The zero-order chi connectivity index (χ0) is 8.60. The molecule has 2 nitrogen and oxygen atoms in total. The molecule has 0 amide bonds. The summed E-state index contributed by atoms with van der Waals surface area (Å²) in [5.41, 5.74) is 2.57. The average Bonchev–Trinajstić information content (AvgIpc) is 2.02. The molecule has 0 radical (unpaired) electrons. The molecule has 1 aliphatic heterocycles. The van der Waals surface area contributed by atoms with Gasteiger partial charge in [-0.1, -0.05) is 12.1 Å². The summed E-state index contributed by atoms with van der Waals surface area (Å²) in [5, 5.41) is 6.86. The Morgan fingerprint density at radius 1 is 1.17 bits per heavy atom. The normalized spacial score (nSPS) is 18.8. The van der Waals surface area contributed by atoms with Crippen LogP contribution in [0, 0.1) is 0 Å². The van der Waals surface area contributed by atoms with Crippen molar-refractivity contribution < 1.29 is 0 Å². The molecule has 1 aromatic carbocycles. The van der Waals surface area contributed by atoms with Gasteiger partial charge in [-0.3, -0.25) is 0 Å². The lowest BCUT2D eigenvalue weighted by Gasteiger charge is -2.34. The molecule has 0 unspecified atom stereocenters. The molecule has 1 heterocycles. The van der Waals surface area contributed by atoms with Gasteiger partial charge in [-0.2, -0.15) is 0 Å². The van der Waals surface area contributed by atoms with E-state index in [1.54, 1.807) is 0 Å². The zero-order valence-corrected chi connectivity index (χ0v) is 7.52. The number of benzene rings is 1. The monoisotopic (exact) mass is 162 g/mol. The van der Waals surface area contributed by atoms with E-state index in [-0.39, 0.29) is 5.54 Å². The van der Waals surface area contributed by atoms with E-state index in [0.717, 1.165) is 6.54 Å². The summed E-state index contributed by atoms with van der Waals surface area (Å²) < 4.78 is 0. The minimum atomic E-state index is 0.161. The highest BCUT2D eigenvalue weighted by Crippen LogP contribution is 2.28. The van der Waals surface area contributed by atoms with E-state index < -0.39 is 0 Å². The van der Waals surface area contributed by atoms with Gasteiger partial charge in [0, 0.05) is 12.1 Å². The van der Waals surface area contributed by atoms with Gasteiger partial charge < -0.3 is 10.6 Å². The van der Waals surface area contributed by atoms with Gasteiger partial charge in [0.1, 0.15) is 0 Å². The van der Waals surface area contributed by atoms with E-state index in [9.17, 15) is 0 Å². The van der Waals surface area contributed by atoms with Crippen molar-refractivity contribution in [1.29, 1.82) is 0 Å². The molecule has 0 fully saturated rings. The quantitative estimate of drug-likeness (QED) is 0.611. The van der Waals surface area contributed by atoms with Crippen molar-refractivity contribution in [2.75, 3.05) is 17.2 Å². The van der Waals surface area contributed by atoms with Crippen LogP contribution in [0.4, 0.5) is 11.4 Å². The summed E-state index contributed by atoms with van der Waals surface area (Å²) in [5.74, 6) is 0. The van der Waals surface area contributed by atoms with E-state index in [2.05, 4.69) is 42.7 Å².